The molecular weight excluding hydrogens is 464 g/mol. The van der Waals surface area contributed by atoms with E-state index in [1.807, 2.05) is 18.2 Å². The third kappa shape index (κ3) is 5.13. The number of ether oxygens (including phenoxy) is 4. The molecule has 0 bridgehead atoms. The summed E-state index contributed by atoms with van der Waals surface area (Å²) in [6.45, 7) is 0.942. The van der Waals surface area contributed by atoms with E-state index in [1.165, 1.54) is 19.1 Å². The van der Waals surface area contributed by atoms with Crippen LogP contribution in [0.4, 0.5) is 0 Å². The van der Waals surface area contributed by atoms with Crippen molar-refractivity contribution in [1.82, 2.24) is 0 Å². The average molecular weight is 494 g/mol. The Labute approximate surface area is 201 Å². The number of benzene rings is 1. The number of fused-ring (bicyclic) bond motifs is 1. The van der Waals surface area contributed by atoms with E-state index in [4.69, 9.17) is 18.9 Å². The number of carbonyl (C=O) groups is 1. The molecule has 0 radical (unpaired) electrons. The van der Waals surface area contributed by atoms with Crippen LogP contribution in [-0.2, 0) is 23.7 Å². The Bertz CT molecular complexity index is 948. The maximum Gasteiger partial charge on any atom is 0.330 e. The first-order valence-corrected chi connectivity index (χ1v) is 11.2. The lowest BCUT2D eigenvalue weighted by molar-refractivity contribution is -0.351. The SMILES string of the molecule is C[C@@]1(O)C[C@H](O)[C@]2(O)C=CO[C@@H](O[C@H]3O[C@@H](COC(=O)/C=C/c4ccccc4)[C@H](O)[C@@H](O)[C@@H]3O)[C@@H]21. The highest BCUT2D eigenvalue weighted by Gasteiger charge is 2.64. The molecule has 35 heavy (non-hydrogen) atoms. The van der Waals surface area contributed by atoms with Crippen LogP contribution < -0.4 is 0 Å². The van der Waals surface area contributed by atoms with Crippen LogP contribution in [0.5, 0.6) is 0 Å². The van der Waals surface area contributed by atoms with E-state index in [0.29, 0.717) is 0 Å². The highest BCUT2D eigenvalue weighted by Crippen LogP contribution is 2.49. The molecule has 1 saturated carbocycles. The molecule has 0 amide bonds. The first-order valence-electron chi connectivity index (χ1n) is 11.2. The first kappa shape index (κ1) is 25.7. The van der Waals surface area contributed by atoms with Crippen LogP contribution in [-0.4, -0.2) is 97.5 Å². The minimum Gasteiger partial charge on any atom is -0.472 e. The second-order valence-electron chi connectivity index (χ2n) is 9.27. The number of hydrogen-bond donors (Lipinski definition) is 6. The molecule has 1 aromatic rings. The molecule has 0 spiro atoms. The van der Waals surface area contributed by atoms with Gasteiger partial charge in [-0.1, -0.05) is 30.3 Å². The van der Waals surface area contributed by atoms with Gasteiger partial charge in [0.1, 0.15) is 36.6 Å². The molecule has 11 heteroatoms. The summed E-state index contributed by atoms with van der Waals surface area (Å²) in [6, 6.07) is 9.04. The lowest BCUT2D eigenvalue weighted by atomic mass is 9.81. The van der Waals surface area contributed by atoms with Gasteiger partial charge >= 0.3 is 5.97 Å². The van der Waals surface area contributed by atoms with Crippen molar-refractivity contribution in [1.29, 1.82) is 0 Å². The summed E-state index contributed by atoms with van der Waals surface area (Å²) in [7, 11) is 0. The van der Waals surface area contributed by atoms with Gasteiger partial charge in [-0.05, 0) is 24.6 Å². The van der Waals surface area contributed by atoms with Gasteiger partial charge in [-0.25, -0.2) is 4.79 Å². The van der Waals surface area contributed by atoms with E-state index in [9.17, 15) is 35.4 Å². The summed E-state index contributed by atoms with van der Waals surface area (Å²) in [5, 5.41) is 62.9. The van der Waals surface area contributed by atoms with Crippen LogP contribution in [0.3, 0.4) is 0 Å². The number of rotatable bonds is 6. The zero-order chi connectivity index (χ0) is 25.4. The van der Waals surface area contributed by atoms with Gasteiger partial charge in [-0.2, -0.15) is 0 Å². The first-order chi connectivity index (χ1) is 16.5. The molecular formula is C24H30O11. The van der Waals surface area contributed by atoms with Crippen molar-refractivity contribution in [3.63, 3.8) is 0 Å². The molecule has 3 aliphatic rings. The Morgan fingerprint density at radius 3 is 2.51 bits per heavy atom. The van der Waals surface area contributed by atoms with Gasteiger partial charge in [0.15, 0.2) is 6.29 Å². The molecule has 1 saturated heterocycles. The number of aliphatic hydroxyl groups excluding tert-OH is 4. The van der Waals surface area contributed by atoms with Crippen LogP contribution in [0.15, 0.2) is 48.7 Å². The summed E-state index contributed by atoms with van der Waals surface area (Å²) in [4.78, 5) is 12.1. The Morgan fingerprint density at radius 2 is 1.80 bits per heavy atom. The van der Waals surface area contributed by atoms with Gasteiger partial charge in [0.05, 0.1) is 23.9 Å². The summed E-state index contributed by atoms with van der Waals surface area (Å²) < 4.78 is 21.7. The summed E-state index contributed by atoms with van der Waals surface area (Å²) in [5.41, 5.74) is -2.68. The van der Waals surface area contributed by atoms with Gasteiger partial charge in [0.2, 0.25) is 6.29 Å². The number of hydrogen-bond acceptors (Lipinski definition) is 11. The number of esters is 1. The second kappa shape index (κ2) is 9.96. The zero-order valence-electron chi connectivity index (χ0n) is 19.0. The smallest absolute Gasteiger partial charge is 0.330 e. The summed E-state index contributed by atoms with van der Waals surface area (Å²) in [6.07, 6.45) is -5.67. The summed E-state index contributed by atoms with van der Waals surface area (Å²) >= 11 is 0. The number of aliphatic hydroxyl groups is 6. The van der Waals surface area contributed by atoms with Gasteiger partial charge in [-0.15, -0.1) is 0 Å². The fraction of sp³-hybridized carbons (Fsp3) is 0.542. The fourth-order valence-corrected chi connectivity index (χ4v) is 4.77. The Morgan fingerprint density at radius 1 is 1.09 bits per heavy atom. The Kier molecular flexibility index (Phi) is 7.32. The second-order valence-corrected chi connectivity index (χ2v) is 9.27. The van der Waals surface area contributed by atoms with Gasteiger partial charge in [0, 0.05) is 12.5 Å². The van der Waals surface area contributed by atoms with Gasteiger partial charge < -0.3 is 49.6 Å². The standard InChI is InChI=1S/C24H30O11/c1-23(30)11-15(25)24(31)9-10-32-22(20(23)24)35-21-19(29)18(28)17(27)14(34-21)12-33-16(26)8-7-13-5-3-2-4-6-13/h2-10,14-15,17-22,25,27-31H,11-12H2,1H3/b8-7+/t14-,15-,17-,18+,19-,20+,21+,22-,23+,24+/m0/s1. The molecule has 4 rings (SSSR count). The lowest BCUT2D eigenvalue weighted by Gasteiger charge is -2.45. The molecule has 2 aliphatic heterocycles. The maximum atomic E-state index is 12.1. The maximum absolute atomic E-state index is 12.1. The molecule has 2 heterocycles. The predicted octanol–water partition coefficient (Wildman–Crippen LogP) is -1.20. The molecule has 10 atom stereocenters. The van der Waals surface area contributed by atoms with E-state index in [-0.39, 0.29) is 6.42 Å². The topological polar surface area (TPSA) is 175 Å². The fourth-order valence-electron chi connectivity index (χ4n) is 4.77. The van der Waals surface area contributed by atoms with E-state index >= 15 is 0 Å². The van der Waals surface area contributed by atoms with E-state index in [2.05, 4.69) is 0 Å². The van der Waals surface area contributed by atoms with Crippen LogP contribution in [0.1, 0.15) is 18.9 Å². The van der Waals surface area contributed by atoms with Gasteiger partial charge in [-0.3, -0.25) is 0 Å². The quantitative estimate of drug-likeness (QED) is 0.207. The average Bonchev–Trinajstić information content (AvgIpc) is 3.01. The van der Waals surface area contributed by atoms with Crippen LogP contribution in [0.25, 0.3) is 6.08 Å². The summed E-state index contributed by atoms with van der Waals surface area (Å²) in [5.74, 6) is -1.88. The lowest BCUT2D eigenvalue weighted by Crippen LogP contribution is -2.62. The van der Waals surface area contributed by atoms with Gasteiger partial charge in [0.25, 0.3) is 0 Å². The monoisotopic (exact) mass is 494 g/mol. The molecule has 0 aromatic heterocycles. The zero-order valence-corrected chi connectivity index (χ0v) is 19.0. The van der Waals surface area contributed by atoms with Crippen molar-refractivity contribution >= 4 is 12.0 Å². The Hall–Kier alpha value is -2.35. The van der Waals surface area contributed by atoms with Crippen molar-refractivity contribution in [2.24, 2.45) is 5.92 Å². The van der Waals surface area contributed by atoms with Crippen molar-refractivity contribution < 1.29 is 54.4 Å². The van der Waals surface area contributed by atoms with Crippen LogP contribution >= 0.6 is 0 Å². The minimum absolute atomic E-state index is 0.160. The molecule has 0 unspecified atom stereocenters. The predicted molar refractivity (Wildman–Crippen MR) is 118 cm³/mol. The molecule has 1 aliphatic carbocycles. The highest BCUT2D eigenvalue weighted by molar-refractivity contribution is 5.87. The number of carbonyl (C=O) groups excluding carboxylic acids is 1. The Balaban J connectivity index is 1.41. The molecule has 2 fully saturated rings. The molecule has 1 aromatic carbocycles. The van der Waals surface area contributed by atoms with E-state index in [1.54, 1.807) is 18.2 Å². The third-order valence-electron chi connectivity index (χ3n) is 6.67. The van der Waals surface area contributed by atoms with Crippen molar-refractivity contribution in [2.75, 3.05) is 6.61 Å². The molecule has 6 N–H and O–H groups in total. The third-order valence-corrected chi connectivity index (χ3v) is 6.67. The van der Waals surface area contributed by atoms with E-state index in [0.717, 1.165) is 11.8 Å². The normalized spacial score (nSPS) is 43.1. The molecule has 11 nitrogen and oxygen atoms in total. The van der Waals surface area contributed by atoms with Crippen molar-refractivity contribution in [3.05, 3.63) is 54.3 Å². The van der Waals surface area contributed by atoms with Crippen molar-refractivity contribution in [3.8, 4) is 0 Å². The highest BCUT2D eigenvalue weighted by atomic mass is 16.8. The van der Waals surface area contributed by atoms with Crippen molar-refractivity contribution in [2.45, 2.75) is 67.6 Å². The molecule has 192 valence electrons. The van der Waals surface area contributed by atoms with E-state index < -0.39 is 72.8 Å². The minimum atomic E-state index is -1.86. The van der Waals surface area contributed by atoms with Crippen LogP contribution in [0, 0.1) is 5.92 Å². The largest absolute Gasteiger partial charge is 0.472 e. The van der Waals surface area contributed by atoms with Crippen LogP contribution in [0.2, 0.25) is 0 Å².